The summed E-state index contributed by atoms with van der Waals surface area (Å²) in [6, 6.07) is 3.32. The first-order valence-electron chi connectivity index (χ1n) is 9.11. The SMILES string of the molecule is CCCCCCCCCCOC(=O)CNC(=O)c1ncccc1OC. The van der Waals surface area contributed by atoms with Crippen LogP contribution in [0.4, 0.5) is 0 Å². The minimum Gasteiger partial charge on any atom is -0.494 e. The molecule has 0 radical (unpaired) electrons. The van der Waals surface area contributed by atoms with Crippen LogP contribution in [0.5, 0.6) is 5.75 Å². The van der Waals surface area contributed by atoms with E-state index < -0.39 is 11.9 Å². The zero-order chi connectivity index (χ0) is 18.3. The Bertz CT molecular complexity index is 520. The molecule has 1 aromatic heterocycles. The Morgan fingerprint density at radius 3 is 2.44 bits per heavy atom. The molecule has 140 valence electrons. The van der Waals surface area contributed by atoms with Gasteiger partial charge in [-0.05, 0) is 18.6 Å². The van der Waals surface area contributed by atoms with Crippen LogP contribution in [0.25, 0.3) is 0 Å². The molecule has 1 rings (SSSR count). The number of carbonyl (C=O) groups excluding carboxylic acids is 2. The van der Waals surface area contributed by atoms with E-state index in [0.717, 1.165) is 12.8 Å². The molecule has 0 fully saturated rings. The smallest absolute Gasteiger partial charge is 0.325 e. The lowest BCUT2D eigenvalue weighted by Crippen LogP contribution is -2.31. The maximum Gasteiger partial charge on any atom is 0.325 e. The first-order chi connectivity index (χ1) is 12.2. The van der Waals surface area contributed by atoms with Crippen LogP contribution in [-0.2, 0) is 9.53 Å². The van der Waals surface area contributed by atoms with E-state index >= 15 is 0 Å². The van der Waals surface area contributed by atoms with Crippen molar-refractivity contribution in [1.29, 1.82) is 0 Å². The summed E-state index contributed by atoms with van der Waals surface area (Å²) in [6.45, 7) is 2.44. The van der Waals surface area contributed by atoms with Crippen molar-refractivity contribution in [3.05, 3.63) is 24.0 Å². The molecule has 0 aliphatic rings. The van der Waals surface area contributed by atoms with Gasteiger partial charge in [0.2, 0.25) is 0 Å². The highest BCUT2D eigenvalue weighted by Crippen LogP contribution is 2.13. The molecule has 0 unspecified atom stereocenters. The van der Waals surface area contributed by atoms with E-state index in [0.29, 0.717) is 12.4 Å². The normalized spacial score (nSPS) is 10.3. The first kappa shape index (κ1) is 20.9. The summed E-state index contributed by atoms with van der Waals surface area (Å²) in [5, 5.41) is 2.50. The van der Waals surface area contributed by atoms with Gasteiger partial charge in [0.15, 0.2) is 5.69 Å². The Morgan fingerprint density at radius 2 is 1.76 bits per heavy atom. The van der Waals surface area contributed by atoms with E-state index in [1.165, 1.54) is 51.8 Å². The maximum atomic E-state index is 12.0. The molecule has 0 atom stereocenters. The van der Waals surface area contributed by atoms with E-state index in [1.807, 2.05) is 0 Å². The molecular formula is C19H30N2O4. The lowest BCUT2D eigenvalue weighted by Gasteiger charge is -2.08. The molecule has 0 aliphatic heterocycles. The highest BCUT2D eigenvalue weighted by Gasteiger charge is 2.14. The van der Waals surface area contributed by atoms with Gasteiger partial charge in [-0.3, -0.25) is 9.59 Å². The van der Waals surface area contributed by atoms with E-state index in [9.17, 15) is 9.59 Å². The Morgan fingerprint density at radius 1 is 1.08 bits per heavy atom. The molecule has 6 nitrogen and oxygen atoms in total. The number of esters is 1. The van der Waals surface area contributed by atoms with Crippen LogP contribution in [0.3, 0.4) is 0 Å². The zero-order valence-electron chi connectivity index (χ0n) is 15.4. The van der Waals surface area contributed by atoms with E-state index in [1.54, 1.807) is 12.1 Å². The van der Waals surface area contributed by atoms with Crippen LogP contribution in [0.15, 0.2) is 18.3 Å². The van der Waals surface area contributed by atoms with Crippen LogP contribution in [-0.4, -0.2) is 37.1 Å². The van der Waals surface area contributed by atoms with Gasteiger partial charge in [-0.15, -0.1) is 0 Å². The molecule has 0 bridgehead atoms. The molecule has 25 heavy (non-hydrogen) atoms. The van der Waals surface area contributed by atoms with Crippen molar-refractivity contribution in [3.8, 4) is 5.75 Å². The minimum atomic E-state index is -0.457. The summed E-state index contributed by atoms with van der Waals surface area (Å²) >= 11 is 0. The summed E-state index contributed by atoms with van der Waals surface area (Å²) in [5.74, 6) is -0.528. The van der Waals surface area contributed by atoms with E-state index in [-0.39, 0.29) is 12.2 Å². The predicted molar refractivity (Wildman–Crippen MR) is 96.7 cm³/mol. The van der Waals surface area contributed by atoms with Crippen LogP contribution in [0.1, 0.15) is 68.8 Å². The van der Waals surface area contributed by atoms with Crippen molar-refractivity contribution in [1.82, 2.24) is 10.3 Å². The zero-order valence-corrected chi connectivity index (χ0v) is 15.4. The van der Waals surface area contributed by atoms with Crippen molar-refractivity contribution in [2.24, 2.45) is 0 Å². The third-order valence-electron chi connectivity index (χ3n) is 3.86. The number of pyridine rings is 1. The number of hydrogen-bond donors (Lipinski definition) is 1. The average Bonchev–Trinajstić information content (AvgIpc) is 2.64. The number of ether oxygens (including phenoxy) is 2. The number of unbranched alkanes of at least 4 members (excludes halogenated alkanes) is 7. The van der Waals surface area contributed by atoms with E-state index in [4.69, 9.17) is 9.47 Å². The second kappa shape index (κ2) is 13.2. The molecule has 0 saturated carbocycles. The van der Waals surface area contributed by atoms with Crippen LogP contribution in [0, 0.1) is 0 Å². The van der Waals surface area contributed by atoms with Crippen molar-refractivity contribution in [2.75, 3.05) is 20.3 Å². The summed E-state index contributed by atoms with van der Waals surface area (Å²) in [5.41, 5.74) is 0.154. The summed E-state index contributed by atoms with van der Waals surface area (Å²) < 4.78 is 10.2. The summed E-state index contributed by atoms with van der Waals surface area (Å²) in [7, 11) is 1.46. The third-order valence-corrected chi connectivity index (χ3v) is 3.86. The number of aromatic nitrogens is 1. The third kappa shape index (κ3) is 9.08. The van der Waals surface area contributed by atoms with E-state index in [2.05, 4.69) is 17.2 Å². The van der Waals surface area contributed by atoms with Gasteiger partial charge >= 0.3 is 5.97 Å². The van der Waals surface area contributed by atoms with Gasteiger partial charge in [-0.1, -0.05) is 51.9 Å². The molecule has 1 amide bonds. The topological polar surface area (TPSA) is 77.5 Å². The molecule has 6 heteroatoms. The van der Waals surface area contributed by atoms with Crippen molar-refractivity contribution in [2.45, 2.75) is 58.3 Å². The highest BCUT2D eigenvalue weighted by atomic mass is 16.5. The van der Waals surface area contributed by atoms with Crippen molar-refractivity contribution < 1.29 is 19.1 Å². The fraction of sp³-hybridized carbons (Fsp3) is 0.632. The Kier molecular flexibility index (Phi) is 11.1. The summed E-state index contributed by atoms with van der Waals surface area (Å²) in [6.07, 6.45) is 11.0. The second-order valence-corrected chi connectivity index (χ2v) is 5.93. The molecule has 0 saturated heterocycles. The number of hydrogen-bond acceptors (Lipinski definition) is 5. The standard InChI is InChI=1S/C19H30N2O4/c1-3-4-5-6-7-8-9-10-14-25-17(22)15-21-19(23)18-16(24-2)12-11-13-20-18/h11-13H,3-10,14-15H2,1-2H3,(H,21,23). The van der Waals surface area contributed by atoms with Gasteiger partial charge in [0.25, 0.3) is 5.91 Å². The fourth-order valence-electron chi connectivity index (χ4n) is 2.43. The van der Waals surface area contributed by atoms with Gasteiger partial charge in [-0.25, -0.2) is 4.98 Å². The predicted octanol–water partition coefficient (Wildman–Crippen LogP) is 3.50. The minimum absolute atomic E-state index is 0.154. The van der Waals surface area contributed by atoms with Gasteiger partial charge in [-0.2, -0.15) is 0 Å². The van der Waals surface area contributed by atoms with Gasteiger partial charge in [0.05, 0.1) is 13.7 Å². The fourth-order valence-corrected chi connectivity index (χ4v) is 2.43. The lowest BCUT2D eigenvalue weighted by molar-refractivity contribution is -0.142. The monoisotopic (exact) mass is 350 g/mol. The van der Waals surface area contributed by atoms with Crippen molar-refractivity contribution in [3.63, 3.8) is 0 Å². The van der Waals surface area contributed by atoms with Gasteiger partial charge in [0, 0.05) is 6.20 Å². The largest absolute Gasteiger partial charge is 0.494 e. The number of amides is 1. The number of carbonyl (C=O) groups is 2. The molecular weight excluding hydrogens is 320 g/mol. The Hall–Kier alpha value is -2.11. The quantitative estimate of drug-likeness (QED) is 0.435. The number of nitrogens with zero attached hydrogens (tertiary/aromatic N) is 1. The Balaban J connectivity index is 2.10. The van der Waals surface area contributed by atoms with Crippen LogP contribution in [0.2, 0.25) is 0 Å². The molecule has 0 spiro atoms. The highest BCUT2D eigenvalue weighted by molar-refractivity contribution is 5.96. The Labute approximate surface area is 150 Å². The van der Waals surface area contributed by atoms with Crippen LogP contribution < -0.4 is 10.1 Å². The number of nitrogens with one attached hydrogen (secondary N) is 1. The molecule has 1 N–H and O–H groups in total. The van der Waals surface area contributed by atoms with Gasteiger partial charge < -0.3 is 14.8 Å². The maximum absolute atomic E-state index is 12.0. The first-order valence-corrected chi connectivity index (χ1v) is 9.11. The lowest BCUT2D eigenvalue weighted by atomic mass is 10.1. The second-order valence-electron chi connectivity index (χ2n) is 5.93. The summed E-state index contributed by atoms with van der Waals surface area (Å²) in [4.78, 5) is 27.6. The van der Waals surface area contributed by atoms with Crippen molar-refractivity contribution >= 4 is 11.9 Å². The number of rotatable bonds is 13. The number of methoxy groups -OCH3 is 1. The molecule has 0 aromatic carbocycles. The molecule has 1 aromatic rings. The van der Waals surface area contributed by atoms with Gasteiger partial charge in [0.1, 0.15) is 12.3 Å². The molecule has 0 aliphatic carbocycles. The molecule has 1 heterocycles. The van der Waals surface area contributed by atoms with Crippen LogP contribution >= 0.6 is 0 Å². The average molecular weight is 350 g/mol.